The summed E-state index contributed by atoms with van der Waals surface area (Å²) in [7, 11) is 8.74. The number of benzene rings is 6. The monoisotopic (exact) mass is 1260 g/mol. The van der Waals surface area contributed by atoms with E-state index in [0.29, 0.717) is 124 Å². The van der Waals surface area contributed by atoms with E-state index < -0.39 is 30.1 Å². The Kier molecular flexibility index (Phi) is 18.3. The number of anilines is 2. The zero-order valence-corrected chi connectivity index (χ0v) is 50.3. The van der Waals surface area contributed by atoms with E-state index in [1.54, 1.807) is 73.1 Å². The maximum atomic E-state index is 13.3. The van der Waals surface area contributed by atoms with Gasteiger partial charge in [0.25, 0.3) is 23.6 Å². The third-order valence-electron chi connectivity index (χ3n) is 15.4. The summed E-state index contributed by atoms with van der Waals surface area (Å²) in [6.45, 7) is 0. The zero-order valence-electron chi connectivity index (χ0n) is 47.3. The first-order valence-corrected chi connectivity index (χ1v) is 28.4. The van der Waals surface area contributed by atoms with Crippen molar-refractivity contribution in [2.45, 2.75) is 49.9 Å². The van der Waals surface area contributed by atoms with Gasteiger partial charge in [-0.15, -0.1) is 0 Å². The van der Waals surface area contributed by atoms with Crippen LogP contribution in [0.15, 0.2) is 109 Å². The highest BCUT2D eigenvalue weighted by Crippen LogP contribution is 2.48. The molecule has 4 aliphatic rings. The molecule has 2 aliphatic carbocycles. The molecule has 5 unspecified atom stereocenters. The molecule has 4 N–H and O–H groups in total. The molecule has 4 amide bonds. The second-order valence-corrected chi connectivity index (χ2v) is 21.9. The summed E-state index contributed by atoms with van der Waals surface area (Å²) in [6.07, 6.45) is 4.01. The number of aliphatic hydroxyl groups excluding tert-OH is 1. The molecule has 448 valence electrons. The highest BCUT2D eigenvalue weighted by molar-refractivity contribution is 6.42. The standard InChI is InChI=1S/C31H26Cl2N4O6.C23H23Cl2N3O5.C8H5NO2/c1-41-23-13-24(42-2)27(33)25(26(23)32)15-8-9-20-17(10-15)14-34-31(35-20)36-21-11-16(30(40)43-3)12-22(21)37-28(38)18-6-4-5-7-19(18)29(37)39;1-31-17-9-18(32-2)21(25)19(20(17)24)11-4-5-14-13(6-11)10-26-23(27-14)28-15-7-12(8-16(15)29)22(30)33-3;10-7-5-3-1-2-4-6(5)8(11)9-7/h4-10,13-14,16,21-22H,11-12H2,1-3H3,(H,34,35,36);4-6,9-10,12,15-16,29H,7-8H2,1-3H3,(H,26,27,28);1-4H,(H,9,10,11)/t;12?,15?,16-;/m.1./s1. The van der Waals surface area contributed by atoms with Crippen LogP contribution in [0.3, 0.4) is 0 Å². The zero-order chi connectivity index (χ0) is 62.0. The molecular weight excluding hydrogens is 1210 g/mol. The number of hydrogen-bond donors (Lipinski definition) is 4. The summed E-state index contributed by atoms with van der Waals surface area (Å²) in [5.74, 6) is -0.561. The molecule has 6 aromatic carbocycles. The molecule has 2 aliphatic heterocycles. The lowest BCUT2D eigenvalue weighted by Gasteiger charge is -2.28. The van der Waals surface area contributed by atoms with Gasteiger partial charge in [0.1, 0.15) is 23.0 Å². The van der Waals surface area contributed by atoms with Gasteiger partial charge >= 0.3 is 11.9 Å². The third-order valence-corrected chi connectivity index (χ3v) is 16.9. The second kappa shape index (κ2) is 26.0. The van der Waals surface area contributed by atoms with E-state index in [4.69, 9.17) is 74.8 Å². The summed E-state index contributed by atoms with van der Waals surface area (Å²) in [5.41, 5.74) is 5.55. The number of halogens is 4. The molecule has 21 nitrogen and oxygen atoms in total. The molecular formula is C62H54Cl4N8O13. The van der Waals surface area contributed by atoms with Crippen molar-refractivity contribution in [2.24, 2.45) is 11.8 Å². The molecule has 2 aromatic heterocycles. The summed E-state index contributed by atoms with van der Waals surface area (Å²) < 4.78 is 31.3. The van der Waals surface area contributed by atoms with Crippen LogP contribution in [0.25, 0.3) is 44.1 Å². The number of carbonyl (C=O) groups is 6. The molecule has 25 heteroatoms. The Morgan fingerprint density at radius 1 is 0.529 bits per heavy atom. The molecule has 6 atom stereocenters. The Morgan fingerprint density at radius 2 is 0.920 bits per heavy atom. The van der Waals surface area contributed by atoms with Crippen LogP contribution in [0.4, 0.5) is 11.9 Å². The van der Waals surface area contributed by atoms with E-state index in [9.17, 15) is 33.9 Å². The summed E-state index contributed by atoms with van der Waals surface area (Å²) in [6, 6.07) is 26.3. The topological polar surface area (TPSA) is 269 Å². The Labute approximate surface area is 517 Å². The molecule has 2 saturated carbocycles. The van der Waals surface area contributed by atoms with Crippen molar-refractivity contribution in [3.05, 3.63) is 152 Å². The lowest BCUT2D eigenvalue weighted by molar-refractivity contribution is -0.146. The predicted molar refractivity (Wildman–Crippen MR) is 325 cm³/mol. The molecule has 12 rings (SSSR count). The number of hydrogen-bond acceptors (Lipinski definition) is 19. The maximum Gasteiger partial charge on any atom is 0.308 e. The third kappa shape index (κ3) is 12.2. The van der Waals surface area contributed by atoms with Crippen molar-refractivity contribution in [2.75, 3.05) is 53.3 Å². The Morgan fingerprint density at radius 3 is 1.33 bits per heavy atom. The first-order chi connectivity index (χ1) is 41.9. The van der Waals surface area contributed by atoms with Crippen molar-refractivity contribution in [1.82, 2.24) is 30.2 Å². The van der Waals surface area contributed by atoms with Crippen LogP contribution >= 0.6 is 46.4 Å². The summed E-state index contributed by atoms with van der Waals surface area (Å²) in [4.78, 5) is 92.1. The molecule has 0 radical (unpaired) electrons. The fourth-order valence-corrected chi connectivity index (χ4v) is 12.5. The molecule has 0 saturated heterocycles. The number of amides is 4. The van der Waals surface area contributed by atoms with Gasteiger partial charge in [0, 0.05) is 46.4 Å². The predicted octanol–water partition coefficient (Wildman–Crippen LogP) is 10.6. The van der Waals surface area contributed by atoms with Crippen LogP contribution in [0.2, 0.25) is 20.1 Å². The SMILES string of the molecule is COC(=O)C1CC(Nc2ncc3cc(-c4c(Cl)c(OC)cc(OC)c4Cl)ccc3n2)C(N2C(=O)c3ccccc3C2=O)C1.COC(=O)C1CC(Nc2ncc3cc(-c4c(Cl)c(OC)cc(OC)c4Cl)ccc3n2)[C@H](O)C1.O=C1NC(=O)c2ccccc21. The molecule has 4 heterocycles. The molecule has 2 fully saturated rings. The fourth-order valence-electron chi connectivity index (χ4n) is 11.1. The highest BCUT2D eigenvalue weighted by Gasteiger charge is 2.49. The van der Waals surface area contributed by atoms with E-state index >= 15 is 0 Å². The van der Waals surface area contributed by atoms with E-state index in [-0.39, 0.29) is 53.9 Å². The van der Waals surface area contributed by atoms with Gasteiger partial charge in [-0.3, -0.25) is 39.0 Å². The van der Waals surface area contributed by atoms with Crippen LogP contribution < -0.4 is 34.9 Å². The number of carbonyl (C=O) groups excluding carboxylic acids is 6. The van der Waals surface area contributed by atoms with Gasteiger partial charge < -0.3 is 44.2 Å². The van der Waals surface area contributed by atoms with Crippen LogP contribution in [0.5, 0.6) is 23.0 Å². The van der Waals surface area contributed by atoms with Crippen LogP contribution in [-0.2, 0) is 19.1 Å². The fraction of sp³-hybridized carbons (Fsp3) is 0.258. The number of esters is 2. The van der Waals surface area contributed by atoms with Gasteiger partial charge in [-0.25, -0.2) is 19.9 Å². The van der Waals surface area contributed by atoms with Gasteiger partial charge in [0.15, 0.2) is 0 Å². The largest absolute Gasteiger partial charge is 0.495 e. The van der Waals surface area contributed by atoms with Crippen LogP contribution in [0.1, 0.15) is 67.1 Å². The number of aromatic nitrogens is 4. The minimum atomic E-state index is -0.692. The Hall–Kier alpha value is -8.86. The number of fused-ring (bicyclic) bond motifs is 4. The number of imide groups is 2. The first-order valence-electron chi connectivity index (χ1n) is 26.9. The number of nitrogens with zero attached hydrogens (tertiary/aromatic N) is 5. The lowest BCUT2D eigenvalue weighted by atomic mass is 10.0. The average molecular weight is 1260 g/mol. The second-order valence-electron chi connectivity index (χ2n) is 20.4. The number of methoxy groups -OCH3 is 6. The first kappa shape index (κ1) is 61.2. The van der Waals surface area contributed by atoms with Gasteiger partial charge in [-0.1, -0.05) is 82.8 Å². The van der Waals surface area contributed by atoms with Crippen molar-refractivity contribution in [3.63, 3.8) is 0 Å². The van der Waals surface area contributed by atoms with Crippen LogP contribution in [0, 0.1) is 11.8 Å². The van der Waals surface area contributed by atoms with Gasteiger partial charge in [-0.05, 0) is 85.3 Å². The Bertz CT molecular complexity index is 3960. The molecule has 8 aromatic rings. The Balaban J connectivity index is 0.000000167. The number of rotatable bonds is 13. The van der Waals surface area contributed by atoms with Gasteiger partial charge in [0.2, 0.25) is 11.9 Å². The smallest absolute Gasteiger partial charge is 0.308 e. The lowest BCUT2D eigenvalue weighted by Crippen LogP contribution is -2.47. The van der Waals surface area contributed by atoms with Crippen molar-refractivity contribution in [1.29, 1.82) is 0 Å². The van der Waals surface area contributed by atoms with Gasteiger partial charge in [0.05, 0.1) is 132 Å². The highest BCUT2D eigenvalue weighted by atomic mass is 35.5. The van der Waals surface area contributed by atoms with E-state index in [2.05, 4.69) is 35.9 Å². The maximum absolute atomic E-state index is 13.3. The minimum absolute atomic E-state index is 0.262. The summed E-state index contributed by atoms with van der Waals surface area (Å²) in [5, 5.41) is 21.8. The molecule has 0 spiro atoms. The van der Waals surface area contributed by atoms with E-state index in [1.165, 1.54) is 47.6 Å². The normalized spacial score (nSPS) is 19.0. The van der Waals surface area contributed by atoms with E-state index in [1.807, 2.05) is 36.4 Å². The number of nitrogens with one attached hydrogen (secondary N) is 3. The van der Waals surface area contributed by atoms with Gasteiger partial charge in [-0.2, -0.15) is 0 Å². The van der Waals surface area contributed by atoms with Crippen LogP contribution in [-0.4, -0.2) is 132 Å². The molecule has 87 heavy (non-hydrogen) atoms. The van der Waals surface area contributed by atoms with Crippen molar-refractivity contribution in [3.8, 4) is 45.3 Å². The van der Waals surface area contributed by atoms with E-state index in [0.717, 1.165) is 10.9 Å². The average Bonchev–Trinajstić information content (AvgIpc) is 2.96. The molecule has 0 bridgehead atoms. The van der Waals surface area contributed by atoms with Crippen molar-refractivity contribution >= 4 is 116 Å². The minimum Gasteiger partial charge on any atom is -0.495 e. The summed E-state index contributed by atoms with van der Waals surface area (Å²) >= 11 is 26.3. The number of ether oxygens (including phenoxy) is 6. The van der Waals surface area contributed by atoms with Crippen molar-refractivity contribution < 1.29 is 62.3 Å². The quantitative estimate of drug-likeness (QED) is 0.0617. The number of aliphatic hydroxyl groups is 1.